The van der Waals surface area contributed by atoms with Crippen LogP contribution in [0.1, 0.15) is 35.8 Å². The number of benzene rings is 1. The van der Waals surface area contributed by atoms with E-state index in [-0.39, 0.29) is 11.9 Å². The van der Waals surface area contributed by atoms with Gasteiger partial charge in [-0.05, 0) is 61.2 Å². The first-order chi connectivity index (χ1) is 16.0. The van der Waals surface area contributed by atoms with Crippen molar-refractivity contribution in [1.82, 2.24) is 30.0 Å². The Balaban J connectivity index is 1.38. The summed E-state index contributed by atoms with van der Waals surface area (Å²) in [5.74, 6) is 0.609. The van der Waals surface area contributed by atoms with Crippen LogP contribution in [0.2, 0.25) is 0 Å². The maximum Gasteiger partial charge on any atom is 0.276 e. The second-order valence-electron chi connectivity index (χ2n) is 8.66. The monoisotopic (exact) mass is 442 g/mol. The van der Waals surface area contributed by atoms with Crippen molar-refractivity contribution in [1.29, 1.82) is 0 Å². The van der Waals surface area contributed by atoms with Crippen LogP contribution >= 0.6 is 0 Å². The summed E-state index contributed by atoms with van der Waals surface area (Å²) in [6, 6.07) is 8.09. The van der Waals surface area contributed by atoms with Crippen molar-refractivity contribution in [3.63, 3.8) is 0 Å². The Kier molecular flexibility index (Phi) is 5.70. The molecule has 0 spiro atoms. The molecule has 1 aliphatic rings. The number of aromatic nitrogens is 5. The van der Waals surface area contributed by atoms with Crippen molar-refractivity contribution in [2.75, 3.05) is 24.1 Å². The smallest absolute Gasteiger partial charge is 0.276 e. The summed E-state index contributed by atoms with van der Waals surface area (Å²) in [6.45, 7) is 5.48. The Labute approximate surface area is 191 Å². The molecule has 168 valence electrons. The Bertz CT molecular complexity index is 1280. The topological polar surface area (TPSA) is 126 Å². The van der Waals surface area contributed by atoms with E-state index in [2.05, 4.69) is 48.4 Å². The van der Waals surface area contributed by atoms with E-state index in [0.29, 0.717) is 11.4 Å². The first-order valence-electron chi connectivity index (χ1n) is 11.1. The molecule has 3 aromatic heterocycles. The van der Waals surface area contributed by atoms with Crippen molar-refractivity contribution < 1.29 is 4.79 Å². The lowest BCUT2D eigenvalue weighted by atomic mass is 9.98. The van der Waals surface area contributed by atoms with Gasteiger partial charge in [-0.25, -0.2) is 9.97 Å². The zero-order valence-corrected chi connectivity index (χ0v) is 18.5. The second-order valence-corrected chi connectivity index (χ2v) is 8.66. The molecule has 1 aromatic carbocycles. The summed E-state index contributed by atoms with van der Waals surface area (Å²) in [6.07, 6.45) is 9.20. The van der Waals surface area contributed by atoms with Crippen molar-refractivity contribution in [2.45, 2.75) is 26.3 Å². The van der Waals surface area contributed by atoms with Gasteiger partial charge >= 0.3 is 0 Å². The molecule has 4 N–H and O–H groups in total. The molecule has 0 aliphatic carbocycles. The fraction of sp³-hybridized carbons (Fsp3) is 0.292. The molecule has 5 rings (SSSR count). The number of carbonyl (C=O) groups excluding carboxylic acids is 1. The lowest BCUT2D eigenvalue weighted by Gasteiger charge is -2.30. The van der Waals surface area contributed by atoms with Crippen LogP contribution in [0.3, 0.4) is 0 Å². The summed E-state index contributed by atoms with van der Waals surface area (Å²) in [5.41, 5.74) is 10.2. The number of hydrogen-bond acceptors (Lipinski definition) is 7. The van der Waals surface area contributed by atoms with E-state index in [9.17, 15) is 4.79 Å². The number of aromatic amines is 1. The van der Waals surface area contributed by atoms with Gasteiger partial charge in [0.15, 0.2) is 5.69 Å². The number of nitrogens with one attached hydrogen (secondary N) is 2. The number of amides is 1. The van der Waals surface area contributed by atoms with Crippen LogP contribution in [0.15, 0.2) is 49.1 Å². The van der Waals surface area contributed by atoms with Crippen LogP contribution in [0.5, 0.6) is 0 Å². The molecular formula is C24H26N8O. The van der Waals surface area contributed by atoms with Crippen molar-refractivity contribution in [2.24, 2.45) is 5.92 Å². The summed E-state index contributed by atoms with van der Waals surface area (Å²) in [7, 11) is 0. The minimum Gasteiger partial charge on any atom is -0.368 e. The second kappa shape index (κ2) is 8.95. The van der Waals surface area contributed by atoms with Gasteiger partial charge in [0, 0.05) is 29.9 Å². The van der Waals surface area contributed by atoms with Gasteiger partial charge in [-0.2, -0.15) is 5.10 Å². The number of carbonyl (C=O) groups is 1. The van der Waals surface area contributed by atoms with Gasteiger partial charge < -0.3 is 11.1 Å². The number of piperidine rings is 1. The SMILES string of the molecule is CC1CCN(Cc2cncc(-c3ccc4[nH]nc(C(=O)Nc5cnc(N)nc5)c4c3)c2)CC1. The lowest BCUT2D eigenvalue weighted by Crippen LogP contribution is -2.32. The molecule has 33 heavy (non-hydrogen) atoms. The molecule has 4 heterocycles. The Hall–Kier alpha value is -3.85. The van der Waals surface area contributed by atoms with Gasteiger partial charge in [-0.15, -0.1) is 0 Å². The third-order valence-electron chi connectivity index (χ3n) is 6.12. The van der Waals surface area contributed by atoms with E-state index in [0.717, 1.165) is 47.6 Å². The van der Waals surface area contributed by atoms with Crippen LogP contribution in [0.25, 0.3) is 22.0 Å². The maximum absolute atomic E-state index is 12.8. The number of rotatable bonds is 5. The summed E-state index contributed by atoms with van der Waals surface area (Å²) < 4.78 is 0. The number of anilines is 2. The van der Waals surface area contributed by atoms with E-state index in [1.54, 1.807) is 0 Å². The number of nitrogens with two attached hydrogens (primary N) is 1. The highest BCUT2D eigenvalue weighted by Crippen LogP contribution is 2.27. The number of hydrogen-bond donors (Lipinski definition) is 3. The van der Waals surface area contributed by atoms with Crippen LogP contribution in [0, 0.1) is 5.92 Å². The fourth-order valence-corrected chi connectivity index (χ4v) is 4.17. The first kappa shape index (κ1) is 21.0. The van der Waals surface area contributed by atoms with E-state index < -0.39 is 0 Å². The zero-order chi connectivity index (χ0) is 22.8. The van der Waals surface area contributed by atoms with Gasteiger partial charge in [0.05, 0.1) is 23.6 Å². The molecule has 0 unspecified atom stereocenters. The van der Waals surface area contributed by atoms with Crippen molar-refractivity contribution in [3.05, 3.63) is 60.3 Å². The average Bonchev–Trinajstić information content (AvgIpc) is 3.26. The Morgan fingerprint density at radius 1 is 1.12 bits per heavy atom. The molecule has 0 bridgehead atoms. The average molecular weight is 443 g/mol. The predicted molar refractivity (Wildman–Crippen MR) is 127 cm³/mol. The fourth-order valence-electron chi connectivity index (χ4n) is 4.17. The summed E-state index contributed by atoms with van der Waals surface area (Å²) in [4.78, 5) is 27.6. The predicted octanol–water partition coefficient (Wildman–Crippen LogP) is 3.48. The number of pyridine rings is 1. The lowest BCUT2D eigenvalue weighted by molar-refractivity contribution is 0.102. The molecule has 1 fully saturated rings. The normalized spacial score (nSPS) is 15.1. The van der Waals surface area contributed by atoms with Gasteiger partial charge in [0.1, 0.15) is 0 Å². The summed E-state index contributed by atoms with van der Waals surface area (Å²) >= 11 is 0. The Morgan fingerprint density at radius 2 is 1.91 bits per heavy atom. The van der Waals surface area contributed by atoms with Gasteiger partial charge in [-0.1, -0.05) is 13.0 Å². The quantitative estimate of drug-likeness (QED) is 0.432. The molecule has 0 saturated carbocycles. The molecule has 1 aliphatic heterocycles. The number of likely N-dealkylation sites (tertiary alicyclic amines) is 1. The van der Waals surface area contributed by atoms with E-state index in [4.69, 9.17) is 5.73 Å². The van der Waals surface area contributed by atoms with Crippen molar-refractivity contribution in [3.8, 4) is 11.1 Å². The third-order valence-corrected chi connectivity index (χ3v) is 6.12. The molecule has 0 radical (unpaired) electrons. The molecule has 1 saturated heterocycles. The third kappa shape index (κ3) is 4.68. The minimum atomic E-state index is -0.349. The van der Waals surface area contributed by atoms with Crippen LogP contribution in [-0.2, 0) is 6.54 Å². The van der Waals surface area contributed by atoms with Crippen LogP contribution in [-0.4, -0.2) is 49.0 Å². The number of fused-ring (bicyclic) bond motifs is 1. The number of nitrogen functional groups attached to an aromatic ring is 1. The molecule has 9 heteroatoms. The molecule has 9 nitrogen and oxygen atoms in total. The highest BCUT2D eigenvalue weighted by Gasteiger charge is 2.17. The van der Waals surface area contributed by atoms with Gasteiger partial charge in [-0.3, -0.25) is 19.8 Å². The molecule has 0 atom stereocenters. The highest BCUT2D eigenvalue weighted by molar-refractivity contribution is 6.11. The number of nitrogens with zero attached hydrogens (tertiary/aromatic N) is 5. The molecule has 1 amide bonds. The van der Waals surface area contributed by atoms with E-state index in [1.807, 2.05) is 30.6 Å². The Morgan fingerprint density at radius 3 is 2.70 bits per heavy atom. The van der Waals surface area contributed by atoms with Crippen LogP contribution < -0.4 is 11.1 Å². The minimum absolute atomic E-state index is 0.147. The zero-order valence-electron chi connectivity index (χ0n) is 18.5. The summed E-state index contributed by atoms with van der Waals surface area (Å²) in [5, 5.41) is 10.6. The van der Waals surface area contributed by atoms with E-state index >= 15 is 0 Å². The molecular weight excluding hydrogens is 416 g/mol. The molecule has 4 aromatic rings. The first-order valence-corrected chi connectivity index (χ1v) is 11.1. The van der Waals surface area contributed by atoms with Gasteiger partial charge in [0.25, 0.3) is 5.91 Å². The highest BCUT2D eigenvalue weighted by atomic mass is 16.1. The maximum atomic E-state index is 12.8. The van der Waals surface area contributed by atoms with Crippen molar-refractivity contribution >= 4 is 28.4 Å². The standard InChI is InChI=1S/C24H26N8O/c1-15-4-6-32(7-5-15)14-16-8-18(11-26-10-16)17-2-3-21-20(9-17)22(31-30-21)23(33)29-19-12-27-24(25)28-13-19/h2-3,8-13,15H,4-7,14H2,1H3,(H,29,33)(H,30,31)(H2,25,27,28). The van der Waals surface area contributed by atoms with E-state index in [1.165, 1.54) is 30.8 Å². The largest absolute Gasteiger partial charge is 0.368 e. The number of H-pyrrole nitrogens is 1. The van der Waals surface area contributed by atoms with Crippen LogP contribution in [0.4, 0.5) is 11.6 Å². The van der Waals surface area contributed by atoms with Gasteiger partial charge in [0.2, 0.25) is 5.95 Å².